The van der Waals surface area contributed by atoms with Crippen LogP contribution < -0.4 is 5.32 Å². The maximum atomic E-state index is 10.9. The summed E-state index contributed by atoms with van der Waals surface area (Å²) in [4.78, 5) is 0. The number of aliphatic hydroxyl groups is 1. The van der Waals surface area contributed by atoms with E-state index in [0.29, 0.717) is 22.2 Å². The van der Waals surface area contributed by atoms with Gasteiger partial charge in [0.2, 0.25) is 5.79 Å². The lowest BCUT2D eigenvalue weighted by atomic mass is 9.91. The van der Waals surface area contributed by atoms with Crippen LogP contribution in [-0.4, -0.2) is 23.3 Å². The van der Waals surface area contributed by atoms with E-state index in [2.05, 4.69) is 5.32 Å². The minimum atomic E-state index is -1.40. The highest BCUT2D eigenvalue weighted by molar-refractivity contribution is 6.42. The van der Waals surface area contributed by atoms with Gasteiger partial charge in [-0.2, -0.15) is 0 Å². The van der Waals surface area contributed by atoms with Crippen LogP contribution in [0.5, 0.6) is 0 Å². The Morgan fingerprint density at radius 3 is 2.60 bits per heavy atom. The highest BCUT2D eigenvalue weighted by Crippen LogP contribution is 2.37. The number of hydrogen-bond acceptors (Lipinski definition) is 3. The topological polar surface area (TPSA) is 41.5 Å². The molecule has 2 unspecified atom stereocenters. The van der Waals surface area contributed by atoms with E-state index in [9.17, 15) is 5.11 Å². The van der Waals surface area contributed by atoms with Crippen molar-refractivity contribution in [2.45, 2.75) is 51.5 Å². The van der Waals surface area contributed by atoms with Gasteiger partial charge in [-0.25, -0.2) is 0 Å². The molecule has 3 nitrogen and oxygen atoms in total. The fourth-order valence-corrected chi connectivity index (χ4v) is 3.07. The fraction of sp³-hybridized carbons (Fsp3) is 0.600. The quantitative estimate of drug-likeness (QED) is 0.877. The van der Waals surface area contributed by atoms with E-state index in [1.807, 2.05) is 33.8 Å². The summed E-state index contributed by atoms with van der Waals surface area (Å²) in [5.74, 6) is -1.40. The first-order chi connectivity index (χ1) is 9.19. The van der Waals surface area contributed by atoms with Crippen LogP contribution >= 0.6 is 23.2 Å². The smallest absolute Gasteiger partial charge is 0.208 e. The molecule has 2 N–H and O–H groups in total. The summed E-state index contributed by atoms with van der Waals surface area (Å²) >= 11 is 12.3. The van der Waals surface area contributed by atoms with Crippen LogP contribution in [0, 0.1) is 0 Å². The highest BCUT2D eigenvalue weighted by Gasteiger charge is 2.45. The summed E-state index contributed by atoms with van der Waals surface area (Å²) in [7, 11) is 0. The molecule has 20 heavy (non-hydrogen) atoms. The van der Waals surface area contributed by atoms with Crippen molar-refractivity contribution in [1.29, 1.82) is 0 Å². The van der Waals surface area contributed by atoms with Crippen molar-refractivity contribution in [3.8, 4) is 0 Å². The molecule has 2 atom stereocenters. The summed E-state index contributed by atoms with van der Waals surface area (Å²) in [6.07, 6.45) is 0.746. The predicted octanol–water partition coefficient (Wildman–Crippen LogP) is 3.49. The molecular formula is C15H21Cl2NO2. The van der Waals surface area contributed by atoms with Crippen LogP contribution in [0.4, 0.5) is 0 Å². The summed E-state index contributed by atoms with van der Waals surface area (Å²) in [6, 6.07) is 3.29. The van der Waals surface area contributed by atoms with Crippen LogP contribution in [-0.2, 0) is 16.9 Å². The Kier molecular flexibility index (Phi) is 4.39. The van der Waals surface area contributed by atoms with E-state index >= 15 is 0 Å². The van der Waals surface area contributed by atoms with E-state index < -0.39 is 5.79 Å². The normalized spacial score (nSPS) is 29.4. The number of ether oxygens (including phenoxy) is 1. The van der Waals surface area contributed by atoms with Crippen LogP contribution in [0.3, 0.4) is 0 Å². The van der Waals surface area contributed by atoms with Crippen molar-refractivity contribution >= 4 is 23.2 Å². The molecular weight excluding hydrogens is 297 g/mol. The lowest BCUT2D eigenvalue weighted by Gasteiger charge is -2.46. The maximum absolute atomic E-state index is 10.9. The molecule has 1 fully saturated rings. The minimum absolute atomic E-state index is 0.171. The molecule has 0 aromatic heterocycles. The van der Waals surface area contributed by atoms with Crippen molar-refractivity contribution in [2.24, 2.45) is 0 Å². The third-order valence-corrected chi connectivity index (χ3v) is 4.59. The van der Waals surface area contributed by atoms with E-state index in [0.717, 1.165) is 12.0 Å². The first kappa shape index (κ1) is 16.1. The number of halogens is 2. The summed E-state index contributed by atoms with van der Waals surface area (Å²) < 4.78 is 5.76. The molecule has 0 spiro atoms. The van der Waals surface area contributed by atoms with Crippen LogP contribution in [0.1, 0.15) is 38.8 Å². The van der Waals surface area contributed by atoms with E-state index in [1.54, 1.807) is 6.07 Å². The van der Waals surface area contributed by atoms with Crippen LogP contribution in [0.25, 0.3) is 0 Å². The molecule has 112 valence electrons. The monoisotopic (exact) mass is 317 g/mol. The molecule has 0 amide bonds. The molecule has 1 aliphatic heterocycles. The average molecular weight is 318 g/mol. The van der Waals surface area contributed by atoms with Crippen LogP contribution in [0.2, 0.25) is 10.0 Å². The van der Waals surface area contributed by atoms with Crippen LogP contribution in [0.15, 0.2) is 12.1 Å². The SMILES string of the molecule is CCc1cc(C2(O)OCC(C)(C)NC2C)cc(Cl)c1Cl. The summed E-state index contributed by atoms with van der Waals surface area (Å²) in [5, 5.41) is 15.2. The zero-order valence-corrected chi connectivity index (χ0v) is 13.8. The van der Waals surface area contributed by atoms with Gasteiger partial charge in [0.15, 0.2) is 0 Å². The van der Waals surface area contributed by atoms with Crippen molar-refractivity contribution < 1.29 is 9.84 Å². The van der Waals surface area contributed by atoms with Gasteiger partial charge >= 0.3 is 0 Å². The predicted molar refractivity (Wildman–Crippen MR) is 82.4 cm³/mol. The number of morpholine rings is 1. The second-order valence-corrected chi connectivity index (χ2v) is 6.80. The number of hydrogen-bond donors (Lipinski definition) is 2. The van der Waals surface area contributed by atoms with Gasteiger partial charge in [-0.15, -0.1) is 0 Å². The molecule has 0 bridgehead atoms. The first-order valence-corrected chi connectivity index (χ1v) is 7.57. The highest BCUT2D eigenvalue weighted by atomic mass is 35.5. The Balaban J connectivity index is 2.43. The van der Waals surface area contributed by atoms with Gasteiger partial charge in [-0.05, 0) is 44.9 Å². The lowest BCUT2D eigenvalue weighted by molar-refractivity contribution is -0.263. The summed E-state index contributed by atoms with van der Waals surface area (Å²) in [5.41, 5.74) is 1.37. The Morgan fingerprint density at radius 2 is 2.05 bits per heavy atom. The summed E-state index contributed by atoms with van der Waals surface area (Å²) in [6.45, 7) is 8.38. The Labute approximate surface area is 130 Å². The Bertz CT molecular complexity index is 519. The number of benzene rings is 1. The van der Waals surface area contributed by atoms with Gasteiger partial charge < -0.3 is 15.2 Å². The largest absolute Gasteiger partial charge is 0.361 e. The second kappa shape index (κ2) is 5.47. The molecule has 1 heterocycles. The van der Waals surface area contributed by atoms with Gasteiger partial charge in [0.05, 0.1) is 22.7 Å². The zero-order valence-electron chi connectivity index (χ0n) is 12.3. The number of rotatable bonds is 2. The zero-order chi connectivity index (χ0) is 15.1. The number of aryl methyl sites for hydroxylation is 1. The average Bonchev–Trinajstić information content (AvgIpc) is 2.37. The first-order valence-electron chi connectivity index (χ1n) is 6.82. The van der Waals surface area contributed by atoms with Crippen molar-refractivity contribution in [3.05, 3.63) is 33.3 Å². The van der Waals surface area contributed by atoms with E-state index in [4.69, 9.17) is 27.9 Å². The molecule has 0 saturated carbocycles. The van der Waals surface area contributed by atoms with Gasteiger partial charge in [-0.1, -0.05) is 30.1 Å². The maximum Gasteiger partial charge on any atom is 0.208 e. The number of nitrogens with one attached hydrogen (secondary N) is 1. The van der Waals surface area contributed by atoms with Gasteiger partial charge in [0.25, 0.3) is 0 Å². The Morgan fingerprint density at radius 1 is 1.40 bits per heavy atom. The van der Waals surface area contributed by atoms with E-state index in [-0.39, 0.29) is 11.6 Å². The Hall–Kier alpha value is -0.320. The molecule has 0 radical (unpaired) electrons. The molecule has 1 aromatic carbocycles. The van der Waals surface area contributed by atoms with Gasteiger partial charge in [0.1, 0.15) is 0 Å². The molecule has 2 rings (SSSR count). The minimum Gasteiger partial charge on any atom is -0.361 e. The molecule has 1 aromatic rings. The van der Waals surface area contributed by atoms with Gasteiger partial charge in [-0.3, -0.25) is 0 Å². The molecule has 0 aliphatic carbocycles. The molecule has 1 aliphatic rings. The fourth-order valence-electron chi connectivity index (χ4n) is 2.58. The standard InChI is InChI=1S/C15H21Cl2NO2/c1-5-10-6-11(7-12(16)13(10)17)15(19)9(2)18-14(3,4)8-20-15/h6-7,9,18-19H,5,8H2,1-4H3. The van der Waals surface area contributed by atoms with Crippen molar-refractivity contribution in [1.82, 2.24) is 5.32 Å². The third kappa shape index (κ3) is 2.83. The van der Waals surface area contributed by atoms with Crippen molar-refractivity contribution in [3.63, 3.8) is 0 Å². The molecule has 5 heteroatoms. The van der Waals surface area contributed by atoms with Gasteiger partial charge in [0, 0.05) is 11.1 Å². The third-order valence-electron chi connectivity index (χ3n) is 3.75. The molecule has 1 saturated heterocycles. The van der Waals surface area contributed by atoms with E-state index in [1.165, 1.54) is 0 Å². The van der Waals surface area contributed by atoms with Crippen molar-refractivity contribution in [2.75, 3.05) is 6.61 Å². The lowest BCUT2D eigenvalue weighted by Crippen LogP contribution is -2.63. The second-order valence-electron chi connectivity index (χ2n) is 6.02.